The van der Waals surface area contributed by atoms with Gasteiger partial charge in [0.1, 0.15) is 5.82 Å². The number of hydrogen-bond donors (Lipinski definition) is 1. The molecule has 0 unspecified atom stereocenters. The lowest BCUT2D eigenvalue weighted by atomic mass is 9.82. The summed E-state index contributed by atoms with van der Waals surface area (Å²) in [6.07, 6.45) is -7.96. The van der Waals surface area contributed by atoms with E-state index in [1.54, 1.807) is 0 Å². The second-order valence-corrected chi connectivity index (χ2v) is 10.1. The quantitative estimate of drug-likeness (QED) is 0.347. The van der Waals surface area contributed by atoms with Gasteiger partial charge in [0, 0.05) is 18.5 Å². The fourth-order valence-electron chi connectivity index (χ4n) is 5.14. The molecule has 1 N–H and O–H groups in total. The van der Waals surface area contributed by atoms with E-state index in [0.717, 1.165) is 24.3 Å². The first-order chi connectivity index (χ1) is 17.2. The largest absolute Gasteiger partial charge is 0.481 e. The maximum absolute atomic E-state index is 14.0. The van der Waals surface area contributed by atoms with Crippen LogP contribution < -0.4 is 0 Å². The van der Waals surface area contributed by atoms with Crippen LogP contribution in [0.5, 0.6) is 0 Å². The van der Waals surface area contributed by atoms with Gasteiger partial charge in [-0.3, -0.25) is 9.69 Å². The number of nitrogens with zero attached hydrogens (tertiary/aromatic N) is 1. The van der Waals surface area contributed by atoms with Crippen LogP contribution in [0.4, 0.5) is 30.7 Å². The van der Waals surface area contributed by atoms with Gasteiger partial charge in [-0.25, -0.2) is 4.39 Å². The number of piperidine rings is 1. The summed E-state index contributed by atoms with van der Waals surface area (Å²) in [7, 11) is 0. The van der Waals surface area contributed by atoms with E-state index < -0.39 is 47.3 Å². The maximum atomic E-state index is 14.0. The smallest absolute Gasteiger partial charge is 0.416 e. The summed E-state index contributed by atoms with van der Waals surface area (Å²) in [6.45, 7) is 4.11. The summed E-state index contributed by atoms with van der Waals surface area (Å²) in [5.41, 5.74) is -1.56. The molecule has 0 bridgehead atoms. The SMILES string of the molecule is CC(C)CC[C@H](c1ccc(F)cc1C(F)(F)F)N1CC[C@@H](CC(=O)O)C[C@H]1c1ccc(C(F)(F)F)cc1. The molecule has 1 aliphatic rings. The van der Waals surface area contributed by atoms with E-state index in [1.165, 1.54) is 12.1 Å². The highest BCUT2D eigenvalue weighted by atomic mass is 19.4. The lowest BCUT2D eigenvalue weighted by Gasteiger charge is -2.45. The van der Waals surface area contributed by atoms with Crippen molar-refractivity contribution in [1.82, 2.24) is 4.90 Å². The van der Waals surface area contributed by atoms with E-state index in [1.807, 2.05) is 18.7 Å². The van der Waals surface area contributed by atoms with Gasteiger partial charge in [0.2, 0.25) is 0 Å². The topological polar surface area (TPSA) is 40.5 Å². The molecule has 10 heteroatoms. The van der Waals surface area contributed by atoms with E-state index in [0.29, 0.717) is 30.9 Å². The van der Waals surface area contributed by atoms with Crippen molar-refractivity contribution >= 4 is 5.97 Å². The van der Waals surface area contributed by atoms with Gasteiger partial charge in [-0.1, -0.05) is 32.0 Å². The molecule has 0 aromatic heterocycles. The van der Waals surface area contributed by atoms with Gasteiger partial charge < -0.3 is 5.11 Å². The molecule has 0 aliphatic carbocycles. The monoisotopic (exact) mass is 533 g/mol. The molecular formula is C27H30F7NO2. The maximum Gasteiger partial charge on any atom is 0.416 e. The van der Waals surface area contributed by atoms with E-state index in [9.17, 15) is 40.6 Å². The third kappa shape index (κ3) is 7.46. The molecule has 1 fully saturated rings. The number of carboxylic acids is 1. The molecule has 3 nitrogen and oxygen atoms in total. The Kier molecular flexibility index (Phi) is 8.93. The van der Waals surface area contributed by atoms with Crippen LogP contribution in [0.1, 0.15) is 80.3 Å². The fourth-order valence-corrected chi connectivity index (χ4v) is 5.14. The van der Waals surface area contributed by atoms with Crippen molar-refractivity contribution in [2.24, 2.45) is 11.8 Å². The average molecular weight is 534 g/mol. The molecule has 3 atom stereocenters. The minimum absolute atomic E-state index is 0.0943. The van der Waals surface area contributed by atoms with Gasteiger partial charge >= 0.3 is 18.3 Å². The third-order valence-electron chi connectivity index (χ3n) is 6.94. The Balaban J connectivity index is 2.09. The van der Waals surface area contributed by atoms with Crippen molar-refractivity contribution in [3.05, 3.63) is 70.5 Å². The molecule has 1 heterocycles. The molecule has 2 aromatic rings. The number of carboxylic acid groups (broad SMARTS) is 1. The molecular weight excluding hydrogens is 503 g/mol. The van der Waals surface area contributed by atoms with Crippen LogP contribution in [-0.4, -0.2) is 22.5 Å². The van der Waals surface area contributed by atoms with Gasteiger partial charge in [-0.15, -0.1) is 0 Å². The summed E-state index contributed by atoms with van der Waals surface area (Å²) in [4.78, 5) is 13.2. The first kappa shape index (κ1) is 28.9. The van der Waals surface area contributed by atoms with E-state index >= 15 is 0 Å². The normalized spacial score (nSPS) is 20.3. The molecule has 0 saturated carbocycles. The Hall–Kier alpha value is -2.62. The molecule has 204 valence electrons. The lowest BCUT2D eigenvalue weighted by Crippen LogP contribution is -2.40. The number of hydrogen-bond acceptors (Lipinski definition) is 2. The zero-order chi connectivity index (χ0) is 27.5. The van der Waals surface area contributed by atoms with Crippen LogP contribution in [0.25, 0.3) is 0 Å². The van der Waals surface area contributed by atoms with Crippen molar-refractivity contribution in [2.75, 3.05) is 6.54 Å². The van der Waals surface area contributed by atoms with Crippen molar-refractivity contribution in [3.63, 3.8) is 0 Å². The lowest BCUT2D eigenvalue weighted by molar-refractivity contribution is -0.140. The van der Waals surface area contributed by atoms with E-state index in [-0.39, 0.29) is 36.8 Å². The predicted octanol–water partition coefficient (Wildman–Crippen LogP) is 8.27. The number of carbonyl (C=O) groups is 1. The Bertz CT molecular complexity index is 1060. The van der Waals surface area contributed by atoms with Crippen molar-refractivity contribution in [2.45, 2.75) is 70.4 Å². The third-order valence-corrected chi connectivity index (χ3v) is 6.94. The second kappa shape index (κ2) is 11.4. The van der Waals surface area contributed by atoms with Gasteiger partial charge in [0.25, 0.3) is 0 Å². The van der Waals surface area contributed by atoms with Crippen LogP contribution >= 0.6 is 0 Å². The van der Waals surface area contributed by atoms with Crippen molar-refractivity contribution in [3.8, 4) is 0 Å². The first-order valence-electron chi connectivity index (χ1n) is 12.2. The number of halogens is 7. The molecule has 1 saturated heterocycles. The van der Waals surface area contributed by atoms with Crippen molar-refractivity contribution in [1.29, 1.82) is 0 Å². The van der Waals surface area contributed by atoms with Crippen LogP contribution in [0.3, 0.4) is 0 Å². The average Bonchev–Trinajstić information content (AvgIpc) is 2.79. The number of likely N-dealkylation sites (tertiary alicyclic amines) is 1. The highest BCUT2D eigenvalue weighted by molar-refractivity contribution is 5.67. The number of alkyl halides is 6. The molecule has 1 aliphatic heterocycles. The van der Waals surface area contributed by atoms with Crippen molar-refractivity contribution < 1.29 is 40.6 Å². The molecule has 3 rings (SSSR count). The first-order valence-corrected chi connectivity index (χ1v) is 12.2. The fraction of sp³-hybridized carbons (Fsp3) is 0.519. The van der Waals surface area contributed by atoms with Crippen LogP contribution in [0, 0.1) is 17.7 Å². The van der Waals surface area contributed by atoms with Gasteiger partial charge in [0.15, 0.2) is 0 Å². The number of rotatable bonds is 8. The minimum Gasteiger partial charge on any atom is -0.481 e. The summed E-state index contributed by atoms with van der Waals surface area (Å²) in [6, 6.07) is 5.65. The summed E-state index contributed by atoms with van der Waals surface area (Å²) in [5.74, 6) is -2.16. The highest BCUT2D eigenvalue weighted by Crippen LogP contribution is 2.46. The Morgan fingerprint density at radius 2 is 1.65 bits per heavy atom. The molecule has 2 aromatic carbocycles. The summed E-state index contributed by atoms with van der Waals surface area (Å²) < 4.78 is 95.3. The highest BCUT2D eigenvalue weighted by Gasteiger charge is 2.41. The zero-order valence-electron chi connectivity index (χ0n) is 20.5. The second-order valence-electron chi connectivity index (χ2n) is 10.1. The predicted molar refractivity (Wildman–Crippen MR) is 124 cm³/mol. The van der Waals surface area contributed by atoms with Crippen LogP contribution in [0.15, 0.2) is 42.5 Å². The van der Waals surface area contributed by atoms with E-state index in [2.05, 4.69) is 0 Å². The van der Waals surface area contributed by atoms with Crippen LogP contribution in [0.2, 0.25) is 0 Å². The summed E-state index contributed by atoms with van der Waals surface area (Å²) >= 11 is 0. The summed E-state index contributed by atoms with van der Waals surface area (Å²) in [5, 5.41) is 9.30. The number of benzene rings is 2. The van der Waals surface area contributed by atoms with Gasteiger partial charge in [-0.2, -0.15) is 26.3 Å². The van der Waals surface area contributed by atoms with E-state index in [4.69, 9.17) is 0 Å². The molecule has 0 amide bonds. The Morgan fingerprint density at radius 3 is 2.19 bits per heavy atom. The zero-order valence-corrected chi connectivity index (χ0v) is 20.5. The van der Waals surface area contributed by atoms with Crippen LogP contribution in [-0.2, 0) is 17.1 Å². The standard InChI is InChI=1S/C27H30F7NO2/c1-16(2)3-10-23(21-9-8-20(28)15-22(21)27(32,33)34)35-12-11-17(14-25(36)37)13-24(35)18-4-6-19(7-5-18)26(29,30)31/h4-9,15-17,23-24H,3,10-14H2,1-2H3,(H,36,37)/t17-,23-,24+/m1/s1. The molecule has 0 radical (unpaired) electrons. The van der Waals surface area contributed by atoms with Gasteiger partial charge in [-0.05, 0) is 79.5 Å². The Morgan fingerprint density at radius 1 is 1.00 bits per heavy atom. The molecule has 0 spiro atoms. The van der Waals surface area contributed by atoms with Gasteiger partial charge in [0.05, 0.1) is 11.1 Å². The minimum atomic E-state index is -4.81. The molecule has 37 heavy (non-hydrogen) atoms. The Labute approximate surface area is 211 Å². The number of aliphatic carboxylic acids is 1.